The lowest BCUT2D eigenvalue weighted by Crippen LogP contribution is -2.38. The summed E-state index contributed by atoms with van der Waals surface area (Å²) < 4.78 is 0. The number of rotatable bonds is 7. The van der Waals surface area contributed by atoms with Gasteiger partial charge < -0.3 is 15.9 Å². The molecule has 4 nitrogen and oxygen atoms in total. The van der Waals surface area contributed by atoms with Crippen LogP contribution in [0.5, 0.6) is 0 Å². The molecule has 0 aromatic rings. The second-order valence-corrected chi connectivity index (χ2v) is 3.10. The molecule has 0 spiro atoms. The van der Waals surface area contributed by atoms with Gasteiger partial charge in [-0.15, -0.1) is 0 Å². The van der Waals surface area contributed by atoms with Gasteiger partial charge in [0.15, 0.2) is 0 Å². The minimum absolute atomic E-state index is 0. The van der Waals surface area contributed by atoms with Gasteiger partial charge in [0.25, 0.3) is 0 Å². The lowest BCUT2D eigenvalue weighted by Gasteiger charge is -2.10. The lowest BCUT2D eigenvalue weighted by atomic mass is 10.2. The summed E-state index contributed by atoms with van der Waals surface area (Å²) in [5.74, 6) is -0.469. The van der Waals surface area contributed by atoms with E-state index in [1.807, 2.05) is 0 Å². The van der Waals surface area contributed by atoms with Crippen LogP contribution < -0.4 is 5.32 Å². The van der Waals surface area contributed by atoms with E-state index in [9.17, 15) is 4.79 Å². The molecular weight excluding hydrogens is 190 g/mol. The molecule has 0 rings (SSSR count). The molecule has 80 valence electrons. The molecule has 0 aromatic heterocycles. The number of nitrogens with one attached hydrogen (secondary N) is 1. The molecule has 0 aromatic carbocycles. The van der Waals surface area contributed by atoms with Gasteiger partial charge in [-0.1, -0.05) is 19.8 Å². The predicted octanol–water partition coefficient (Wildman–Crippen LogP) is 0.324. The fraction of sp³-hybridized carbons (Fsp3) is 0.875. The van der Waals surface area contributed by atoms with Crippen molar-refractivity contribution < 1.29 is 15.4 Å². The monoisotopic (exact) mass is 209 g/mol. The van der Waals surface area contributed by atoms with Crippen LogP contribution >= 0.6 is 12.6 Å². The SMILES string of the molecule is CCCCCNC(CS)C(=O)O.O. The van der Waals surface area contributed by atoms with Gasteiger partial charge in [0.2, 0.25) is 0 Å². The van der Waals surface area contributed by atoms with E-state index < -0.39 is 12.0 Å². The normalized spacial score (nSPS) is 11.8. The number of carboxylic acids is 1. The Morgan fingerprint density at radius 3 is 2.54 bits per heavy atom. The fourth-order valence-electron chi connectivity index (χ4n) is 0.881. The van der Waals surface area contributed by atoms with Gasteiger partial charge in [0.1, 0.15) is 6.04 Å². The maximum absolute atomic E-state index is 10.5. The number of unbranched alkanes of at least 4 members (excludes halogenated alkanes) is 2. The third-order valence-electron chi connectivity index (χ3n) is 1.65. The first-order valence-corrected chi connectivity index (χ1v) is 4.92. The van der Waals surface area contributed by atoms with E-state index >= 15 is 0 Å². The fourth-order valence-corrected chi connectivity index (χ4v) is 1.17. The van der Waals surface area contributed by atoms with E-state index in [2.05, 4.69) is 24.9 Å². The van der Waals surface area contributed by atoms with Crippen LogP contribution in [0, 0.1) is 0 Å². The number of hydrogen-bond donors (Lipinski definition) is 3. The van der Waals surface area contributed by atoms with Crippen molar-refractivity contribution in [2.24, 2.45) is 0 Å². The van der Waals surface area contributed by atoms with Gasteiger partial charge in [0, 0.05) is 5.75 Å². The molecule has 0 amide bonds. The highest BCUT2D eigenvalue weighted by atomic mass is 32.1. The average molecular weight is 209 g/mol. The van der Waals surface area contributed by atoms with Crippen LogP contribution in [0.25, 0.3) is 0 Å². The molecular formula is C8H19NO3S. The minimum atomic E-state index is -0.818. The predicted molar refractivity (Wildman–Crippen MR) is 56.4 cm³/mol. The van der Waals surface area contributed by atoms with Crippen molar-refractivity contribution in [3.8, 4) is 0 Å². The maximum atomic E-state index is 10.5. The van der Waals surface area contributed by atoms with E-state index in [-0.39, 0.29) is 5.48 Å². The summed E-state index contributed by atoms with van der Waals surface area (Å²) in [6.45, 7) is 2.89. The highest BCUT2D eigenvalue weighted by Crippen LogP contribution is 1.93. The van der Waals surface area contributed by atoms with E-state index in [0.717, 1.165) is 25.8 Å². The first kappa shape index (κ1) is 15.2. The Balaban J connectivity index is 0. The zero-order chi connectivity index (χ0) is 9.40. The summed E-state index contributed by atoms with van der Waals surface area (Å²) in [5.41, 5.74) is 0. The Bertz CT molecular complexity index is 133. The molecule has 4 N–H and O–H groups in total. The van der Waals surface area contributed by atoms with E-state index in [1.54, 1.807) is 0 Å². The molecule has 0 radical (unpaired) electrons. The van der Waals surface area contributed by atoms with Crippen molar-refractivity contribution in [2.75, 3.05) is 12.3 Å². The second kappa shape index (κ2) is 9.83. The zero-order valence-corrected chi connectivity index (χ0v) is 8.81. The van der Waals surface area contributed by atoms with Crippen LogP contribution in [-0.2, 0) is 4.79 Å². The summed E-state index contributed by atoms with van der Waals surface area (Å²) >= 11 is 3.94. The van der Waals surface area contributed by atoms with Crippen LogP contribution in [0.1, 0.15) is 26.2 Å². The molecule has 13 heavy (non-hydrogen) atoms. The van der Waals surface area contributed by atoms with Gasteiger partial charge in [-0.2, -0.15) is 12.6 Å². The topological polar surface area (TPSA) is 80.8 Å². The minimum Gasteiger partial charge on any atom is -0.480 e. The number of carbonyl (C=O) groups is 1. The van der Waals surface area contributed by atoms with E-state index in [0.29, 0.717) is 5.75 Å². The van der Waals surface area contributed by atoms with Gasteiger partial charge in [0.05, 0.1) is 0 Å². The largest absolute Gasteiger partial charge is 0.480 e. The summed E-state index contributed by atoms with van der Waals surface area (Å²) in [6, 6.07) is -0.495. The summed E-state index contributed by atoms with van der Waals surface area (Å²) in [6.07, 6.45) is 3.33. The van der Waals surface area contributed by atoms with Crippen molar-refractivity contribution in [2.45, 2.75) is 32.2 Å². The summed E-state index contributed by atoms with van der Waals surface area (Å²) in [4.78, 5) is 10.5. The molecule has 0 fully saturated rings. The molecule has 1 atom stereocenters. The molecule has 5 heteroatoms. The zero-order valence-electron chi connectivity index (χ0n) is 7.92. The van der Waals surface area contributed by atoms with Gasteiger partial charge in [-0.05, 0) is 13.0 Å². The highest BCUT2D eigenvalue weighted by molar-refractivity contribution is 7.80. The smallest absolute Gasteiger partial charge is 0.321 e. The third-order valence-corrected chi connectivity index (χ3v) is 2.02. The van der Waals surface area contributed by atoms with Crippen molar-refractivity contribution in [3.63, 3.8) is 0 Å². The van der Waals surface area contributed by atoms with Crippen LogP contribution in [0.4, 0.5) is 0 Å². The first-order chi connectivity index (χ1) is 5.72. The van der Waals surface area contributed by atoms with Gasteiger partial charge >= 0.3 is 5.97 Å². The first-order valence-electron chi connectivity index (χ1n) is 4.29. The Morgan fingerprint density at radius 2 is 2.15 bits per heavy atom. The van der Waals surface area contributed by atoms with Crippen LogP contribution in [0.2, 0.25) is 0 Å². The molecule has 0 saturated heterocycles. The molecule has 0 aliphatic carbocycles. The quantitative estimate of drug-likeness (QED) is 0.417. The van der Waals surface area contributed by atoms with Gasteiger partial charge in [-0.3, -0.25) is 4.79 Å². The van der Waals surface area contributed by atoms with Crippen molar-refractivity contribution in [3.05, 3.63) is 0 Å². The molecule has 0 bridgehead atoms. The molecule has 1 unspecified atom stereocenters. The molecule has 0 saturated carbocycles. The number of aliphatic carboxylic acids is 1. The second-order valence-electron chi connectivity index (χ2n) is 2.73. The van der Waals surface area contributed by atoms with Crippen molar-refractivity contribution in [1.82, 2.24) is 5.32 Å². The van der Waals surface area contributed by atoms with Crippen LogP contribution in [-0.4, -0.2) is 34.9 Å². The Kier molecular flexibility index (Phi) is 11.5. The summed E-state index contributed by atoms with van der Waals surface area (Å²) in [5, 5.41) is 11.5. The van der Waals surface area contributed by atoms with Gasteiger partial charge in [-0.25, -0.2) is 0 Å². The molecule has 0 aliphatic heterocycles. The number of carboxylic acid groups (broad SMARTS) is 1. The number of thiol groups is 1. The molecule has 0 aliphatic rings. The summed E-state index contributed by atoms with van der Waals surface area (Å²) in [7, 11) is 0. The van der Waals surface area contributed by atoms with Crippen LogP contribution in [0.15, 0.2) is 0 Å². The van der Waals surface area contributed by atoms with Crippen molar-refractivity contribution in [1.29, 1.82) is 0 Å². The average Bonchev–Trinajstić information content (AvgIpc) is 2.04. The maximum Gasteiger partial charge on any atom is 0.321 e. The standard InChI is InChI=1S/C8H17NO2S.H2O/c1-2-3-4-5-9-7(6-12)8(10)11;/h7,9,12H,2-6H2,1H3,(H,10,11);1H2. The lowest BCUT2D eigenvalue weighted by molar-refractivity contribution is -0.138. The van der Waals surface area contributed by atoms with Crippen LogP contribution in [0.3, 0.4) is 0 Å². The Morgan fingerprint density at radius 1 is 1.54 bits per heavy atom. The van der Waals surface area contributed by atoms with E-state index in [4.69, 9.17) is 5.11 Å². The highest BCUT2D eigenvalue weighted by Gasteiger charge is 2.12. The molecule has 0 heterocycles. The Labute approximate surface area is 84.4 Å². The third kappa shape index (κ3) is 8.08. The number of hydrogen-bond acceptors (Lipinski definition) is 3. The van der Waals surface area contributed by atoms with E-state index in [1.165, 1.54) is 0 Å². The van der Waals surface area contributed by atoms with Crippen molar-refractivity contribution >= 4 is 18.6 Å². The Hall–Kier alpha value is -0.260.